The van der Waals surface area contributed by atoms with Crippen molar-refractivity contribution in [2.75, 3.05) is 25.5 Å². The molecule has 2 heterocycles. The zero-order valence-corrected chi connectivity index (χ0v) is 13.8. The highest BCUT2D eigenvalue weighted by atomic mass is 16.2. The molecule has 1 aromatic heterocycles. The van der Waals surface area contributed by atoms with E-state index in [4.69, 9.17) is 5.26 Å². The molecule has 8 nitrogen and oxygen atoms in total. The second kappa shape index (κ2) is 7.05. The zero-order chi connectivity index (χ0) is 17.8. The van der Waals surface area contributed by atoms with Gasteiger partial charge in [-0.05, 0) is 30.7 Å². The van der Waals surface area contributed by atoms with E-state index >= 15 is 0 Å². The van der Waals surface area contributed by atoms with Gasteiger partial charge in [-0.3, -0.25) is 9.59 Å². The van der Waals surface area contributed by atoms with Crippen LogP contribution in [0.5, 0.6) is 0 Å². The quantitative estimate of drug-likeness (QED) is 0.809. The standard InChI is InChI=1S/C17H18N6O2/c1-19-16(24)12-2-4-14(5-3-12)23-9-15(20-11-23)21-17(25)13-6-7-22(8-13)10-18/h2-5,9,11,13H,6-8H2,1H3,(H,19,24)(H,21,25). The van der Waals surface area contributed by atoms with Gasteiger partial charge in [-0.15, -0.1) is 0 Å². The summed E-state index contributed by atoms with van der Waals surface area (Å²) in [6.45, 7) is 1.06. The van der Waals surface area contributed by atoms with Crippen LogP contribution < -0.4 is 10.6 Å². The Morgan fingerprint density at radius 1 is 1.32 bits per heavy atom. The molecule has 0 spiro atoms. The summed E-state index contributed by atoms with van der Waals surface area (Å²) in [6, 6.07) is 7.06. The number of hydrogen-bond acceptors (Lipinski definition) is 5. The Hall–Kier alpha value is -3.34. The molecule has 0 radical (unpaired) electrons. The van der Waals surface area contributed by atoms with E-state index in [0.717, 1.165) is 5.69 Å². The number of amides is 2. The van der Waals surface area contributed by atoms with Crippen LogP contribution >= 0.6 is 0 Å². The van der Waals surface area contributed by atoms with E-state index in [1.54, 1.807) is 53.3 Å². The molecular weight excluding hydrogens is 320 g/mol. The van der Waals surface area contributed by atoms with E-state index in [0.29, 0.717) is 30.9 Å². The van der Waals surface area contributed by atoms with Gasteiger partial charge in [-0.1, -0.05) is 0 Å². The molecule has 3 rings (SSSR count). The fraction of sp³-hybridized carbons (Fsp3) is 0.294. The lowest BCUT2D eigenvalue weighted by Crippen LogP contribution is -2.25. The molecule has 2 aromatic rings. The summed E-state index contributed by atoms with van der Waals surface area (Å²) in [5.41, 5.74) is 1.40. The molecule has 1 unspecified atom stereocenters. The van der Waals surface area contributed by atoms with Crippen LogP contribution in [0.2, 0.25) is 0 Å². The number of carbonyl (C=O) groups excluding carboxylic acids is 2. The summed E-state index contributed by atoms with van der Waals surface area (Å²) >= 11 is 0. The van der Waals surface area contributed by atoms with E-state index < -0.39 is 0 Å². The molecule has 1 aliphatic heterocycles. The van der Waals surface area contributed by atoms with E-state index in [2.05, 4.69) is 21.8 Å². The average molecular weight is 338 g/mol. The Morgan fingerprint density at radius 3 is 2.72 bits per heavy atom. The number of imidazole rings is 1. The molecule has 2 N–H and O–H groups in total. The van der Waals surface area contributed by atoms with Gasteiger partial charge in [0.25, 0.3) is 5.91 Å². The van der Waals surface area contributed by atoms with Crippen LogP contribution in [0.4, 0.5) is 5.82 Å². The van der Waals surface area contributed by atoms with Crippen molar-refractivity contribution in [2.24, 2.45) is 5.92 Å². The van der Waals surface area contributed by atoms with Crippen molar-refractivity contribution in [1.82, 2.24) is 19.8 Å². The molecule has 25 heavy (non-hydrogen) atoms. The summed E-state index contributed by atoms with van der Waals surface area (Å²) in [5.74, 6) is -0.0153. The molecule has 8 heteroatoms. The maximum atomic E-state index is 12.2. The third-order valence-electron chi connectivity index (χ3n) is 4.19. The number of hydrogen-bond donors (Lipinski definition) is 2. The van der Waals surface area contributed by atoms with Gasteiger partial charge in [0.2, 0.25) is 5.91 Å². The van der Waals surface area contributed by atoms with Gasteiger partial charge >= 0.3 is 0 Å². The lowest BCUT2D eigenvalue weighted by Gasteiger charge is -2.09. The van der Waals surface area contributed by atoms with E-state index in [9.17, 15) is 9.59 Å². The largest absolute Gasteiger partial charge is 0.355 e. The predicted molar refractivity (Wildman–Crippen MR) is 90.9 cm³/mol. The minimum atomic E-state index is -0.198. The number of nitriles is 1. The smallest absolute Gasteiger partial charge is 0.251 e. The van der Waals surface area contributed by atoms with Crippen LogP contribution in [0.1, 0.15) is 16.8 Å². The molecule has 0 bridgehead atoms. The van der Waals surface area contributed by atoms with Gasteiger partial charge in [0.05, 0.1) is 12.1 Å². The first-order valence-electron chi connectivity index (χ1n) is 7.92. The van der Waals surface area contributed by atoms with Crippen LogP contribution in [-0.2, 0) is 4.79 Å². The fourth-order valence-electron chi connectivity index (χ4n) is 2.75. The third kappa shape index (κ3) is 3.61. The molecular formula is C17H18N6O2. The SMILES string of the molecule is CNC(=O)c1ccc(-n2cnc(NC(=O)C3CCN(C#N)C3)c2)cc1. The first-order chi connectivity index (χ1) is 12.1. The number of nitrogens with zero attached hydrogens (tertiary/aromatic N) is 4. The highest BCUT2D eigenvalue weighted by molar-refractivity contribution is 5.94. The number of benzene rings is 1. The first-order valence-corrected chi connectivity index (χ1v) is 7.92. The van der Waals surface area contributed by atoms with Gasteiger partial charge in [-0.2, -0.15) is 5.26 Å². The molecule has 0 aliphatic carbocycles. The number of nitrogens with one attached hydrogen (secondary N) is 2. The van der Waals surface area contributed by atoms with Crippen molar-refractivity contribution < 1.29 is 9.59 Å². The van der Waals surface area contributed by atoms with Crippen LogP contribution in [0.3, 0.4) is 0 Å². The van der Waals surface area contributed by atoms with Crippen molar-refractivity contribution in [1.29, 1.82) is 5.26 Å². The van der Waals surface area contributed by atoms with Crippen molar-refractivity contribution >= 4 is 17.6 Å². The summed E-state index contributed by atoms with van der Waals surface area (Å²) in [7, 11) is 1.58. The molecule has 0 saturated carbocycles. The summed E-state index contributed by atoms with van der Waals surface area (Å²) in [4.78, 5) is 29.6. The minimum Gasteiger partial charge on any atom is -0.355 e. The second-order valence-electron chi connectivity index (χ2n) is 5.81. The van der Waals surface area contributed by atoms with Crippen LogP contribution in [0.25, 0.3) is 5.69 Å². The van der Waals surface area contributed by atoms with Gasteiger partial charge in [0, 0.05) is 31.4 Å². The number of carbonyl (C=O) groups is 2. The number of rotatable bonds is 4. The van der Waals surface area contributed by atoms with E-state index in [1.165, 1.54) is 0 Å². The van der Waals surface area contributed by atoms with Crippen molar-refractivity contribution in [3.8, 4) is 11.9 Å². The van der Waals surface area contributed by atoms with Gasteiger partial charge in [0.15, 0.2) is 12.0 Å². The molecule has 1 saturated heterocycles. The predicted octanol–water partition coefficient (Wildman–Crippen LogP) is 0.973. The van der Waals surface area contributed by atoms with Gasteiger partial charge < -0.3 is 20.1 Å². The first kappa shape index (κ1) is 16.5. The van der Waals surface area contributed by atoms with Crippen molar-refractivity contribution in [3.05, 3.63) is 42.4 Å². The summed E-state index contributed by atoms with van der Waals surface area (Å²) in [5, 5.41) is 14.2. The normalized spacial score (nSPS) is 16.3. The third-order valence-corrected chi connectivity index (χ3v) is 4.19. The molecule has 1 aliphatic rings. The Bertz CT molecular complexity index is 820. The highest BCUT2D eigenvalue weighted by Crippen LogP contribution is 2.18. The highest BCUT2D eigenvalue weighted by Gasteiger charge is 2.28. The summed E-state index contributed by atoms with van der Waals surface area (Å²) < 4.78 is 1.76. The van der Waals surface area contributed by atoms with Crippen LogP contribution in [0.15, 0.2) is 36.8 Å². The topological polar surface area (TPSA) is 103 Å². The monoisotopic (exact) mass is 338 g/mol. The number of likely N-dealkylation sites (tertiary alicyclic amines) is 1. The van der Waals surface area contributed by atoms with Crippen molar-refractivity contribution in [3.63, 3.8) is 0 Å². The molecule has 128 valence electrons. The Balaban J connectivity index is 1.65. The van der Waals surface area contributed by atoms with E-state index in [-0.39, 0.29) is 17.7 Å². The fourth-order valence-corrected chi connectivity index (χ4v) is 2.75. The number of aromatic nitrogens is 2. The minimum absolute atomic E-state index is 0.127. The van der Waals surface area contributed by atoms with Crippen LogP contribution in [-0.4, -0.2) is 46.4 Å². The zero-order valence-electron chi connectivity index (χ0n) is 13.8. The maximum Gasteiger partial charge on any atom is 0.251 e. The Morgan fingerprint density at radius 2 is 2.08 bits per heavy atom. The van der Waals surface area contributed by atoms with E-state index in [1.807, 2.05) is 0 Å². The second-order valence-corrected chi connectivity index (χ2v) is 5.81. The molecule has 1 atom stereocenters. The molecule has 2 amide bonds. The average Bonchev–Trinajstić information content (AvgIpc) is 3.30. The lowest BCUT2D eigenvalue weighted by atomic mass is 10.1. The Kier molecular flexibility index (Phi) is 4.66. The lowest BCUT2D eigenvalue weighted by molar-refractivity contribution is -0.119. The van der Waals surface area contributed by atoms with Crippen LogP contribution in [0, 0.1) is 17.4 Å². The van der Waals surface area contributed by atoms with Crippen molar-refractivity contribution in [2.45, 2.75) is 6.42 Å². The van der Waals surface area contributed by atoms with Gasteiger partial charge in [0.1, 0.15) is 6.33 Å². The Labute approximate surface area is 145 Å². The molecule has 1 fully saturated rings. The summed E-state index contributed by atoms with van der Waals surface area (Å²) in [6.07, 6.45) is 6.04. The van der Waals surface area contributed by atoms with Gasteiger partial charge in [-0.25, -0.2) is 4.98 Å². The maximum absolute atomic E-state index is 12.2. The molecule has 1 aromatic carbocycles. The number of anilines is 1.